The smallest absolute Gasteiger partial charge is 0.359 e. The molecule has 0 unspecified atom stereocenters. The van der Waals surface area contributed by atoms with Crippen LogP contribution in [0.1, 0.15) is 16.2 Å². The molecule has 0 aliphatic rings. The number of thiazole rings is 1. The summed E-state index contributed by atoms with van der Waals surface area (Å²) in [6.45, 7) is 1.33. The molecule has 0 atom stereocenters. The minimum absolute atomic E-state index is 0.0539. The van der Waals surface area contributed by atoms with Crippen molar-refractivity contribution in [3.05, 3.63) is 46.5 Å². The van der Waals surface area contributed by atoms with Crippen LogP contribution in [-0.2, 0) is 9.53 Å². The molecule has 9 heteroatoms. The molecule has 1 N–H and O–H groups in total. The van der Waals surface area contributed by atoms with Crippen molar-refractivity contribution in [2.45, 2.75) is 6.92 Å². The second-order valence-corrected chi connectivity index (χ2v) is 6.74. The van der Waals surface area contributed by atoms with Gasteiger partial charge in [0, 0.05) is 10.7 Å². The fourth-order valence-electron chi connectivity index (χ4n) is 1.81. The highest BCUT2D eigenvalue weighted by Crippen LogP contribution is 2.28. The summed E-state index contributed by atoms with van der Waals surface area (Å²) >= 11 is 4.72. The number of anilines is 1. The molecule has 3 rings (SSSR count). The Morgan fingerprint density at radius 2 is 2.12 bits per heavy atom. The maximum absolute atomic E-state index is 11.9. The maximum Gasteiger partial charge on any atom is 0.359 e. The van der Waals surface area contributed by atoms with E-state index < -0.39 is 18.5 Å². The van der Waals surface area contributed by atoms with Gasteiger partial charge >= 0.3 is 5.97 Å². The van der Waals surface area contributed by atoms with E-state index in [-0.39, 0.29) is 5.69 Å². The van der Waals surface area contributed by atoms with E-state index in [9.17, 15) is 9.59 Å². The van der Waals surface area contributed by atoms with Gasteiger partial charge in [-0.3, -0.25) is 15.1 Å². The summed E-state index contributed by atoms with van der Waals surface area (Å²) in [5, 5.41) is 3.05. The van der Waals surface area contributed by atoms with E-state index in [1.807, 2.05) is 18.2 Å². The zero-order valence-corrected chi connectivity index (χ0v) is 14.8. The first-order valence-electron chi connectivity index (χ1n) is 6.83. The Morgan fingerprint density at radius 1 is 1.29 bits per heavy atom. The van der Waals surface area contributed by atoms with Gasteiger partial charge in [0.15, 0.2) is 17.4 Å². The molecule has 3 aromatic rings. The van der Waals surface area contributed by atoms with E-state index in [0.717, 1.165) is 14.7 Å². The summed E-state index contributed by atoms with van der Waals surface area (Å²) in [6, 6.07) is 5.64. The van der Waals surface area contributed by atoms with Crippen LogP contribution in [0.3, 0.4) is 0 Å². The summed E-state index contributed by atoms with van der Waals surface area (Å²) in [4.78, 5) is 35.8. The minimum Gasteiger partial charge on any atom is -0.451 e. The van der Waals surface area contributed by atoms with Crippen molar-refractivity contribution < 1.29 is 14.3 Å². The van der Waals surface area contributed by atoms with Crippen LogP contribution in [0.5, 0.6) is 0 Å². The molecular formula is C15H11BrN4O3S. The van der Waals surface area contributed by atoms with Gasteiger partial charge in [0.25, 0.3) is 5.91 Å². The molecule has 1 amide bonds. The SMILES string of the molecule is Cc1cnc(C(=O)OCC(=O)Nc2nc3ccc(Br)cc3s2)cn1. The minimum atomic E-state index is -0.703. The Kier molecular flexibility index (Phi) is 4.81. The predicted octanol–water partition coefficient (Wildman–Crippen LogP) is 2.95. The molecule has 122 valence electrons. The van der Waals surface area contributed by atoms with Gasteiger partial charge in [-0.15, -0.1) is 0 Å². The van der Waals surface area contributed by atoms with Crippen molar-refractivity contribution in [2.24, 2.45) is 0 Å². The lowest BCUT2D eigenvalue weighted by molar-refractivity contribution is -0.119. The number of carbonyl (C=O) groups excluding carboxylic acids is 2. The number of aryl methyl sites for hydroxylation is 1. The Balaban J connectivity index is 1.58. The number of esters is 1. The van der Waals surface area contributed by atoms with Gasteiger partial charge in [0.05, 0.1) is 22.1 Å². The summed E-state index contributed by atoms with van der Waals surface area (Å²) < 4.78 is 6.78. The molecule has 0 bridgehead atoms. The number of ether oxygens (including phenoxy) is 1. The standard InChI is InChI=1S/C15H11BrN4O3S/c1-8-5-18-11(6-17-8)14(22)23-7-13(21)20-15-19-10-3-2-9(16)4-12(10)24-15/h2-6H,7H2,1H3,(H,19,20,21). The maximum atomic E-state index is 11.9. The summed E-state index contributed by atoms with van der Waals surface area (Å²) in [5.74, 6) is -1.17. The summed E-state index contributed by atoms with van der Waals surface area (Å²) in [7, 11) is 0. The molecule has 0 fully saturated rings. The summed E-state index contributed by atoms with van der Waals surface area (Å²) in [6.07, 6.45) is 2.76. The highest BCUT2D eigenvalue weighted by molar-refractivity contribution is 9.10. The number of hydrogen-bond donors (Lipinski definition) is 1. The second kappa shape index (κ2) is 7.02. The quantitative estimate of drug-likeness (QED) is 0.669. The normalized spacial score (nSPS) is 10.6. The van der Waals surface area contributed by atoms with Crippen molar-refractivity contribution in [1.82, 2.24) is 15.0 Å². The van der Waals surface area contributed by atoms with Crippen molar-refractivity contribution in [2.75, 3.05) is 11.9 Å². The first kappa shape index (κ1) is 16.5. The molecule has 7 nitrogen and oxygen atoms in total. The molecular weight excluding hydrogens is 396 g/mol. The molecule has 0 aliphatic carbocycles. The van der Waals surface area contributed by atoms with Crippen molar-refractivity contribution >= 4 is 54.5 Å². The zero-order chi connectivity index (χ0) is 17.1. The Hall–Kier alpha value is -2.39. The average Bonchev–Trinajstić information content (AvgIpc) is 2.94. The third-order valence-electron chi connectivity index (χ3n) is 2.92. The van der Waals surface area contributed by atoms with Crippen LogP contribution in [0, 0.1) is 6.92 Å². The number of rotatable bonds is 4. The van der Waals surface area contributed by atoms with Crippen LogP contribution in [0.15, 0.2) is 35.1 Å². The molecule has 0 radical (unpaired) electrons. The van der Waals surface area contributed by atoms with Crippen molar-refractivity contribution in [1.29, 1.82) is 0 Å². The van der Waals surface area contributed by atoms with Crippen LogP contribution in [0.4, 0.5) is 5.13 Å². The van der Waals surface area contributed by atoms with Gasteiger partial charge in [-0.05, 0) is 25.1 Å². The van der Waals surface area contributed by atoms with Crippen LogP contribution < -0.4 is 5.32 Å². The molecule has 2 heterocycles. The largest absolute Gasteiger partial charge is 0.451 e. The van der Waals surface area contributed by atoms with Gasteiger partial charge in [-0.2, -0.15) is 0 Å². The van der Waals surface area contributed by atoms with E-state index >= 15 is 0 Å². The molecule has 1 aromatic carbocycles. The highest BCUT2D eigenvalue weighted by atomic mass is 79.9. The van der Waals surface area contributed by atoms with Crippen LogP contribution >= 0.6 is 27.3 Å². The van der Waals surface area contributed by atoms with Gasteiger partial charge < -0.3 is 4.74 Å². The number of benzene rings is 1. The van der Waals surface area contributed by atoms with Gasteiger partial charge in [-0.25, -0.2) is 14.8 Å². The molecule has 0 saturated heterocycles. The number of carbonyl (C=O) groups is 2. The van der Waals surface area contributed by atoms with Crippen LogP contribution in [-0.4, -0.2) is 33.4 Å². The average molecular weight is 407 g/mol. The Morgan fingerprint density at radius 3 is 2.88 bits per heavy atom. The number of aromatic nitrogens is 3. The van der Waals surface area contributed by atoms with Crippen molar-refractivity contribution in [3.63, 3.8) is 0 Å². The number of hydrogen-bond acceptors (Lipinski definition) is 7. The third kappa shape index (κ3) is 3.92. The lowest BCUT2D eigenvalue weighted by atomic mass is 10.3. The first-order chi connectivity index (χ1) is 11.5. The van der Waals surface area contributed by atoms with Gasteiger partial charge in [0.2, 0.25) is 0 Å². The number of amides is 1. The third-order valence-corrected chi connectivity index (χ3v) is 4.35. The second-order valence-electron chi connectivity index (χ2n) is 4.80. The van der Waals surface area contributed by atoms with Gasteiger partial charge in [0.1, 0.15) is 0 Å². The number of nitrogens with one attached hydrogen (secondary N) is 1. The van der Waals surface area contributed by atoms with E-state index in [1.54, 1.807) is 6.92 Å². The fraction of sp³-hybridized carbons (Fsp3) is 0.133. The van der Waals surface area contributed by atoms with E-state index in [0.29, 0.717) is 10.8 Å². The monoisotopic (exact) mass is 406 g/mol. The van der Waals surface area contributed by atoms with Crippen LogP contribution in [0.25, 0.3) is 10.2 Å². The number of halogens is 1. The Labute approximate surface area is 149 Å². The lowest BCUT2D eigenvalue weighted by Crippen LogP contribution is -2.21. The van der Waals surface area contributed by atoms with Crippen molar-refractivity contribution in [3.8, 4) is 0 Å². The van der Waals surface area contributed by atoms with E-state index in [1.165, 1.54) is 23.7 Å². The summed E-state index contributed by atoms with van der Waals surface area (Å²) in [5.41, 5.74) is 1.52. The molecule has 0 aliphatic heterocycles. The molecule has 2 aromatic heterocycles. The first-order valence-corrected chi connectivity index (χ1v) is 8.44. The molecule has 24 heavy (non-hydrogen) atoms. The van der Waals surface area contributed by atoms with E-state index in [4.69, 9.17) is 4.74 Å². The predicted molar refractivity (Wildman–Crippen MR) is 93.0 cm³/mol. The molecule has 0 saturated carbocycles. The van der Waals surface area contributed by atoms with Gasteiger partial charge in [-0.1, -0.05) is 27.3 Å². The zero-order valence-electron chi connectivity index (χ0n) is 12.4. The topological polar surface area (TPSA) is 94.1 Å². The number of nitrogens with zero attached hydrogens (tertiary/aromatic N) is 3. The molecule has 0 spiro atoms. The van der Waals surface area contributed by atoms with Crippen LogP contribution in [0.2, 0.25) is 0 Å². The fourth-order valence-corrected chi connectivity index (χ4v) is 3.24. The number of fused-ring (bicyclic) bond motifs is 1. The highest BCUT2D eigenvalue weighted by Gasteiger charge is 2.13. The lowest BCUT2D eigenvalue weighted by Gasteiger charge is -2.04. The van der Waals surface area contributed by atoms with E-state index in [2.05, 4.69) is 36.2 Å². The Bertz CT molecular complexity index is 911.